The van der Waals surface area contributed by atoms with Crippen molar-refractivity contribution in [1.82, 2.24) is 10.2 Å². The number of nitrogens with two attached hydrogens (primary N) is 1. The highest BCUT2D eigenvalue weighted by Crippen LogP contribution is 2.25. The Bertz CT molecular complexity index is 640. The number of piperazine rings is 1. The molecule has 1 aromatic carbocycles. The molecular formula is C15H18FN5O2. The largest absolute Gasteiger partial charge is 0.368 e. The number of halogens is 1. The van der Waals surface area contributed by atoms with Gasteiger partial charge in [-0.15, -0.1) is 0 Å². The van der Waals surface area contributed by atoms with Crippen LogP contribution in [-0.4, -0.2) is 54.6 Å². The maximum absolute atomic E-state index is 13.1. The Morgan fingerprint density at radius 3 is 2.48 bits per heavy atom. The van der Waals surface area contributed by atoms with Crippen LogP contribution < -0.4 is 16.1 Å². The summed E-state index contributed by atoms with van der Waals surface area (Å²) in [5.74, 6) is -1.13. The van der Waals surface area contributed by atoms with E-state index >= 15 is 0 Å². The molecule has 1 unspecified atom stereocenters. The van der Waals surface area contributed by atoms with Gasteiger partial charge in [-0.1, -0.05) is 0 Å². The number of hydrazone groups is 1. The third-order valence-corrected chi connectivity index (χ3v) is 3.98. The number of benzene rings is 1. The number of nitrogens with one attached hydrogen (secondary N) is 1. The van der Waals surface area contributed by atoms with Crippen LogP contribution >= 0.6 is 0 Å². The van der Waals surface area contributed by atoms with Crippen LogP contribution in [0.1, 0.15) is 6.42 Å². The Morgan fingerprint density at radius 2 is 1.87 bits per heavy atom. The van der Waals surface area contributed by atoms with Gasteiger partial charge in [0.15, 0.2) is 0 Å². The fourth-order valence-electron chi connectivity index (χ4n) is 2.74. The number of primary amides is 1. The maximum atomic E-state index is 13.1. The van der Waals surface area contributed by atoms with E-state index in [0.29, 0.717) is 24.5 Å². The first kappa shape index (κ1) is 15.4. The lowest BCUT2D eigenvalue weighted by Crippen LogP contribution is -2.48. The van der Waals surface area contributed by atoms with E-state index in [2.05, 4.69) is 10.4 Å². The van der Waals surface area contributed by atoms with E-state index in [1.165, 1.54) is 29.3 Å². The van der Waals surface area contributed by atoms with Crippen molar-refractivity contribution in [3.05, 3.63) is 30.1 Å². The van der Waals surface area contributed by atoms with E-state index in [0.717, 1.165) is 13.1 Å². The average Bonchev–Trinajstić information content (AvgIpc) is 3.01. The van der Waals surface area contributed by atoms with Gasteiger partial charge in [-0.3, -0.25) is 14.6 Å². The first-order valence-corrected chi connectivity index (χ1v) is 7.48. The monoisotopic (exact) mass is 319 g/mol. The van der Waals surface area contributed by atoms with Crippen LogP contribution in [0.15, 0.2) is 29.4 Å². The summed E-state index contributed by atoms with van der Waals surface area (Å²) < 4.78 is 13.1. The minimum atomic E-state index is -0.734. The van der Waals surface area contributed by atoms with Gasteiger partial charge in [0.2, 0.25) is 5.91 Å². The molecule has 0 aromatic heterocycles. The summed E-state index contributed by atoms with van der Waals surface area (Å²) in [5, 5.41) is 8.85. The minimum Gasteiger partial charge on any atom is -0.368 e. The lowest BCUT2D eigenvalue weighted by molar-refractivity contribution is -0.124. The second kappa shape index (κ2) is 6.33. The Kier molecular flexibility index (Phi) is 4.24. The molecule has 122 valence electrons. The number of hydrogen-bond donors (Lipinski definition) is 2. The highest BCUT2D eigenvalue weighted by Gasteiger charge is 2.36. The molecule has 0 bridgehead atoms. The Morgan fingerprint density at radius 1 is 1.22 bits per heavy atom. The van der Waals surface area contributed by atoms with Gasteiger partial charge in [0.1, 0.15) is 17.6 Å². The quantitative estimate of drug-likeness (QED) is 0.799. The van der Waals surface area contributed by atoms with Crippen LogP contribution in [0.4, 0.5) is 10.1 Å². The highest BCUT2D eigenvalue weighted by atomic mass is 19.1. The predicted octanol–water partition coefficient (Wildman–Crippen LogP) is -0.322. The van der Waals surface area contributed by atoms with E-state index in [4.69, 9.17) is 5.73 Å². The first-order valence-electron chi connectivity index (χ1n) is 7.48. The zero-order valence-electron chi connectivity index (χ0n) is 12.5. The van der Waals surface area contributed by atoms with Crippen molar-refractivity contribution in [3.63, 3.8) is 0 Å². The third kappa shape index (κ3) is 3.16. The lowest BCUT2D eigenvalue weighted by atomic mass is 10.1. The van der Waals surface area contributed by atoms with Gasteiger partial charge in [0.25, 0.3) is 5.91 Å². The van der Waals surface area contributed by atoms with Crippen molar-refractivity contribution in [2.24, 2.45) is 10.8 Å². The van der Waals surface area contributed by atoms with Crippen LogP contribution in [0.2, 0.25) is 0 Å². The van der Waals surface area contributed by atoms with Gasteiger partial charge in [-0.05, 0) is 24.3 Å². The van der Waals surface area contributed by atoms with Crippen LogP contribution in [-0.2, 0) is 9.59 Å². The smallest absolute Gasteiger partial charge is 0.270 e. The summed E-state index contributed by atoms with van der Waals surface area (Å²) in [6, 6.07) is 4.83. The zero-order chi connectivity index (χ0) is 16.4. The number of rotatable bonds is 3. The summed E-state index contributed by atoms with van der Waals surface area (Å²) >= 11 is 0. The average molecular weight is 319 g/mol. The van der Waals surface area contributed by atoms with Gasteiger partial charge in [-0.25, -0.2) is 4.39 Å². The van der Waals surface area contributed by atoms with E-state index in [1.54, 1.807) is 4.90 Å². The molecule has 1 fully saturated rings. The van der Waals surface area contributed by atoms with Gasteiger partial charge in [0, 0.05) is 32.6 Å². The molecule has 3 rings (SSSR count). The topological polar surface area (TPSA) is 91.0 Å². The SMILES string of the molecule is NC(=O)C1CC(C(=O)N2CCNCC2)=NN1c1ccc(F)cc1. The molecule has 0 aliphatic carbocycles. The second-order valence-corrected chi connectivity index (χ2v) is 5.53. The molecule has 7 nitrogen and oxygen atoms in total. The molecule has 0 radical (unpaired) electrons. The van der Waals surface area contributed by atoms with Crippen molar-refractivity contribution in [3.8, 4) is 0 Å². The number of amides is 2. The molecule has 2 amide bonds. The predicted molar refractivity (Wildman–Crippen MR) is 83.4 cm³/mol. The highest BCUT2D eigenvalue weighted by molar-refractivity contribution is 6.40. The summed E-state index contributed by atoms with van der Waals surface area (Å²) in [5.41, 5.74) is 6.27. The molecule has 2 heterocycles. The van der Waals surface area contributed by atoms with Gasteiger partial charge in [-0.2, -0.15) is 5.10 Å². The molecule has 1 atom stereocenters. The fourth-order valence-corrected chi connectivity index (χ4v) is 2.74. The van der Waals surface area contributed by atoms with Crippen LogP contribution in [0.25, 0.3) is 0 Å². The molecule has 1 saturated heterocycles. The molecule has 23 heavy (non-hydrogen) atoms. The number of hydrogen-bond acceptors (Lipinski definition) is 5. The van der Waals surface area contributed by atoms with Crippen molar-refractivity contribution in [2.45, 2.75) is 12.5 Å². The first-order chi connectivity index (χ1) is 11.1. The second-order valence-electron chi connectivity index (χ2n) is 5.53. The van der Waals surface area contributed by atoms with Gasteiger partial charge in [0.05, 0.1) is 5.69 Å². The summed E-state index contributed by atoms with van der Waals surface area (Å²) in [6.45, 7) is 2.69. The Labute approximate surface area is 132 Å². The molecule has 2 aliphatic rings. The minimum absolute atomic E-state index is 0.162. The third-order valence-electron chi connectivity index (χ3n) is 3.98. The Hall–Kier alpha value is -2.48. The standard InChI is InChI=1S/C15H18FN5O2/c16-10-1-3-11(4-2-10)21-13(14(17)22)9-12(19-21)15(23)20-7-5-18-6-8-20/h1-4,13,18H,5-9H2,(H2,17,22). The van der Waals surface area contributed by atoms with Crippen molar-refractivity contribution in [2.75, 3.05) is 31.2 Å². The molecular weight excluding hydrogens is 301 g/mol. The van der Waals surface area contributed by atoms with Crippen LogP contribution in [0.5, 0.6) is 0 Å². The fraction of sp³-hybridized carbons (Fsp3) is 0.400. The molecule has 3 N–H and O–H groups in total. The van der Waals surface area contributed by atoms with Gasteiger partial charge >= 0.3 is 0 Å². The van der Waals surface area contributed by atoms with E-state index in [1.807, 2.05) is 0 Å². The van der Waals surface area contributed by atoms with Crippen LogP contribution in [0.3, 0.4) is 0 Å². The van der Waals surface area contributed by atoms with E-state index in [9.17, 15) is 14.0 Å². The zero-order valence-corrected chi connectivity index (χ0v) is 12.5. The van der Waals surface area contributed by atoms with Crippen molar-refractivity contribution >= 4 is 23.2 Å². The van der Waals surface area contributed by atoms with Gasteiger partial charge < -0.3 is 16.0 Å². The molecule has 0 spiro atoms. The summed E-state index contributed by atoms with van der Waals surface area (Å²) in [4.78, 5) is 25.9. The van der Waals surface area contributed by atoms with Crippen molar-refractivity contribution in [1.29, 1.82) is 0 Å². The summed E-state index contributed by atoms with van der Waals surface area (Å²) in [7, 11) is 0. The lowest BCUT2D eigenvalue weighted by Gasteiger charge is -2.27. The van der Waals surface area contributed by atoms with E-state index < -0.39 is 11.9 Å². The molecule has 0 saturated carbocycles. The van der Waals surface area contributed by atoms with E-state index in [-0.39, 0.29) is 18.1 Å². The molecule has 8 heteroatoms. The molecule has 1 aromatic rings. The normalized spacial score (nSPS) is 21.3. The van der Waals surface area contributed by atoms with Crippen LogP contribution in [0, 0.1) is 5.82 Å². The number of carbonyl (C=O) groups is 2. The number of nitrogens with zero attached hydrogens (tertiary/aromatic N) is 3. The maximum Gasteiger partial charge on any atom is 0.270 e. The Balaban J connectivity index is 1.84. The number of anilines is 1. The summed E-state index contributed by atoms with van der Waals surface area (Å²) in [6.07, 6.45) is 0.162. The molecule has 2 aliphatic heterocycles. The number of carbonyl (C=O) groups excluding carboxylic acids is 2. The van der Waals surface area contributed by atoms with Crippen molar-refractivity contribution < 1.29 is 14.0 Å².